The number of nitrogens with zero attached hydrogens (tertiary/aromatic N) is 1. The molecule has 2 nitrogen and oxygen atoms in total. The maximum Gasteiger partial charge on any atom is 0.254 e. The maximum absolute atomic E-state index is 12.8. The lowest BCUT2D eigenvalue weighted by Crippen LogP contribution is -2.33. The summed E-state index contributed by atoms with van der Waals surface area (Å²) in [6, 6.07) is 10.1. The SMILES string of the molecule is CC(F)(F)CC(=O)N1CCC(Cc2ccccc2)C1. The van der Waals surface area contributed by atoms with Gasteiger partial charge in [0.1, 0.15) is 0 Å². The minimum absolute atomic E-state index is 0.386. The van der Waals surface area contributed by atoms with E-state index < -0.39 is 18.3 Å². The summed E-state index contributed by atoms with van der Waals surface area (Å²) >= 11 is 0. The van der Waals surface area contributed by atoms with Crippen LogP contribution in [0.5, 0.6) is 0 Å². The molecule has 0 saturated carbocycles. The quantitative estimate of drug-likeness (QED) is 0.820. The first-order chi connectivity index (χ1) is 8.94. The van der Waals surface area contributed by atoms with Crippen LogP contribution in [0.1, 0.15) is 25.3 Å². The monoisotopic (exact) mass is 267 g/mol. The van der Waals surface area contributed by atoms with E-state index in [1.807, 2.05) is 18.2 Å². The molecule has 1 unspecified atom stereocenters. The van der Waals surface area contributed by atoms with Crippen LogP contribution >= 0.6 is 0 Å². The van der Waals surface area contributed by atoms with E-state index in [2.05, 4.69) is 12.1 Å². The van der Waals surface area contributed by atoms with Gasteiger partial charge < -0.3 is 4.90 Å². The second-order valence-corrected chi connectivity index (χ2v) is 5.43. The van der Waals surface area contributed by atoms with E-state index in [0.717, 1.165) is 19.8 Å². The highest BCUT2D eigenvalue weighted by Gasteiger charge is 2.32. The zero-order chi connectivity index (χ0) is 13.9. The van der Waals surface area contributed by atoms with E-state index in [0.29, 0.717) is 19.0 Å². The van der Waals surface area contributed by atoms with Crippen LogP contribution in [0.3, 0.4) is 0 Å². The van der Waals surface area contributed by atoms with Gasteiger partial charge in [-0.05, 0) is 31.2 Å². The molecular formula is C15H19F2NO. The third-order valence-corrected chi connectivity index (χ3v) is 3.47. The average molecular weight is 267 g/mol. The number of likely N-dealkylation sites (tertiary alicyclic amines) is 1. The van der Waals surface area contributed by atoms with Crippen molar-refractivity contribution in [1.29, 1.82) is 0 Å². The van der Waals surface area contributed by atoms with Gasteiger partial charge in [0.2, 0.25) is 5.91 Å². The summed E-state index contributed by atoms with van der Waals surface area (Å²) in [5.74, 6) is -2.95. The van der Waals surface area contributed by atoms with Gasteiger partial charge in [-0.3, -0.25) is 4.79 Å². The molecule has 19 heavy (non-hydrogen) atoms. The Hall–Kier alpha value is -1.45. The minimum Gasteiger partial charge on any atom is -0.342 e. The van der Waals surface area contributed by atoms with E-state index in [1.165, 1.54) is 5.56 Å². The van der Waals surface area contributed by atoms with Crippen molar-refractivity contribution in [2.45, 2.75) is 32.1 Å². The highest BCUT2D eigenvalue weighted by atomic mass is 19.3. The van der Waals surface area contributed by atoms with Gasteiger partial charge in [-0.2, -0.15) is 0 Å². The van der Waals surface area contributed by atoms with Gasteiger partial charge >= 0.3 is 0 Å². The van der Waals surface area contributed by atoms with Crippen LogP contribution in [0, 0.1) is 5.92 Å². The summed E-state index contributed by atoms with van der Waals surface area (Å²) in [4.78, 5) is 13.3. The van der Waals surface area contributed by atoms with Gasteiger partial charge in [0, 0.05) is 13.1 Å². The Morgan fingerprint density at radius 1 is 1.37 bits per heavy atom. The number of carbonyl (C=O) groups excluding carboxylic acids is 1. The first-order valence-electron chi connectivity index (χ1n) is 6.63. The molecule has 1 aliphatic heterocycles. The highest BCUT2D eigenvalue weighted by molar-refractivity contribution is 5.77. The topological polar surface area (TPSA) is 20.3 Å². The zero-order valence-electron chi connectivity index (χ0n) is 11.1. The molecule has 0 spiro atoms. The van der Waals surface area contributed by atoms with Crippen LogP contribution < -0.4 is 0 Å². The summed E-state index contributed by atoms with van der Waals surface area (Å²) in [5.41, 5.74) is 1.24. The van der Waals surface area contributed by atoms with Crippen molar-refractivity contribution in [2.75, 3.05) is 13.1 Å². The zero-order valence-corrected chi connectivity index (χ0v) is 11.1. The molecular weight excluding hydrogens is 248 g/mol. The van der Waals surface area contributed by atoms with Gasteiger partial charge in [-0.15, -0.1) is 0 Å². The van der Waals surface area contributed by atoms with Crippen LogP contribution in [0.4, 0.5) is 8.78 Å². The number of alkyl halides is 2. The number of hydrogen-bond acceptors (Lipinski definition) is 1. The minimum atomic E-state index is -2.91. The maximum atomic E-state index is 12.8. The lowest BCUT2D eigenvalue weighted by Gasteiger charge is -2.19. The summed E-state index contributed by atoms with van der Waals surface area (Å²) in [6.45, 7) is 2.00. The number of hydrogen-bond donors (Lipinski definition) is 0. The molecule has 0 aliphatic carbocycles. The number of carbonyl (C=O) groups is 1. The molecule has 1 saturated heterocycles. The predicted octanol–water partition coefficient (Wildman–Crippen LogP) is 3.12. The molecule has 1 heterocycles. The van der Waals surface area contributed by atoms with E-state index in [9.17, 15) is 13.6 Å². The lowest BCUT2D eigenvalue weighted by atomic mass is 9.99. The molecule has 0 bridgehead atoms. The second kappa shape index (κ2) is 5.68. The largest absolute Gasteiger partial charge is 0.342 e. The molecule has 4 heteroatoms. The molecule has 2 rings (SSSR count). The van der Waals surface area contributed by atoms with Crippen molar-refractivity contribution < 1.29 is 13.6 Å². The Balaban J connectivity index is 1.85. The highest BCUT2D eigenvalue weighted by Crippen LogP contribution is 2.24. The normalized spacial score (nSPS) is 19.7. The van der Waals surface area contributed by atoms with Crippen LogP contribution in [0.2, 0.25) is 0 Å². The molecule has 1 aliphatic rings. The third-order valence-electron chi connectivity index (χ3n) is 3.47. The van der Waals surface area contributed by atoms with Crippen LogP contribution in [-0.4, -0.2) is 29.8 Å². The van der Waals surface area contributed by atoms with Gasteiger partial charge in [-0.1, -0.05) is 30.3 Å². The van der Waals surface area contributed by atoms with Gasteiger partial charge in [0.25, 0.3) is 5.92 Å². The Morgan fingerprint density at radius 3 is 2.68 bits per heavy atom. The van der Waals surface area contributed by atoms with Crippen LogP contribution in [-0.2, 0) is 11.2 Å². The van der Waals surface area contributed by atoms with Gasteiger partial charge in [0.05, 0.1) is 6.42 Å². The van der Waals surface area contributed by atoms with Crippen molar-refractivity contribution in [2.24, 2.45) is 5.92 Å². The summed E-state index contributed by atoms with van der Waals surface area (Å²) in [6.07, 6.45) is 1.13. The van der Waals surface area contributed by atoms with Crippen LogP contribution in [0.25, 0.3) is 0 Å². The van der Waals surface area contributed by atoms with E-state index >= 15 is 0 Å². The Kier molecular flexibility index (Phi) is 4.17. The van der Waals surface area contributed by atoms with Crippen molar-refractivity contribution in [3.8, 4) is 0 Å². The summed E-state index contributed by atoms with van der Waals surface area (Å²) in [7, 11) is 0. The fourth-order valence-corrected chi connectivity index (χ4v) is 2.55. The summed E-state index contributed by atoms with van der Waals surface area (Å²) in [5, 5.41) is 0. The van der Waals surface area contributed by atoms with Crippen molar-refractivity contribution in [3.05, 3.63) is 35.9 Å². The molecule has 1 atom stereocenters. The third kappa shape index (κ3) is 4.30. The Labute approximate surface area is 112 Å². The fourth-order valence-electron chi connectivity index (χ4n) is 2.55. The standard InChI is InChI=1S/C15H19F2NO/c1-15(16,17)10-14(19)18-8-7-13(11-18)9-12-5-3-2-4-6-12/h2-6,13H,7-11H2,1H3. The first-order valence-corrected chi connectivity index (χ1v) is 6.63. The number of amides is 1. The fraction of sp³-hybridized carbons (Fsp3) is 0.533. The molecule has 0 aromatic heterocycles. The van der Waals surface area contributed by atoms with Gasteiger partial charge in [0.15, 0.2) is 0 Å². The van der Waals surface area contributed by atoms with Crippen molar-refractivity contribution >= 4 is 5.91 Å². The Bertz CT molecular complexity index is 428. The van der Waals surface area contributed by atoms with E-state index in [-0.39, 0.29) is 0 Å². The first kappa shape index (κ1) is 14.0. The van der Waals surface area contributed by atoms with E-state index in [1.54, 1.807) is 4.90 Å². The van der Waals surface area contributed by atoms with Crippen LogP contribution in [0.15, 0.2) is 30.3 Å². The molecule has 104 valence electrons. The van der Waals surface area contributed by atoms with E-state index in [4.69, 9.17) is 0 Å². The summed E-state index contributed by atoms with van der Waals surface area (Å²) < 4.78 is 25.6. The average Bonchev–Trinajstić information content (AvgIpc) is 2.77. The molecule has 1 aromatic carbocycles. The molecule has 1 aromatic rings. The number of rotatable bonds is 4. The molecule has 0 N–H and O–H groups in total. The molecule has 1 amide bonds. The smallest absolute Gasteiger partial charge is 0.254 e. The molecule has 0 radical (unpaired) electrons. The lowest BCUT2D eigenvalue weighted by molar-refractivity contribution is -0.136. The van der Waals surface area contributed by atoms with Gasteiger partial charge in [-0.25, -0.2) is 8.78 Å². The predicted molar refractivity (Wildman–Crippen MR) is 70.1 cm³/mol. The number of halogens is 2. The van der Waals surface area contributed by atoms with Crippen molar-refractivity contribution in [3.63, 3.8) is 0 Å². The Morgan fingerprint density at radius 2 is 2.05 bits per heavy atom. The number of benzene rings is 1. The molecule has 1 fully saturated rings. The second-order valence-electron chi connectivity index (χ2n) is 5.43. The van der Waals surface area contributed by atoms with Crippen molar-refractivity contribution in [1.82, 2.24) is 4.90 Å².